The number of hydrogen-bond acceptors (Lipinski definition) is 2. The van der Waals surface area contributed by atoms with E-state index in [-0.39, 0.29) is 5.57 Å². The summed E-state index contributed by atoms with van der Waals surface area (Å²) in [6, 6.07) is 0. The van der Waals surface area contributed by atoms with Crippen LogP contribution in [-0.2, 0) is 4.79 Å². The molecule has 0 aliphatic rings. The van der Waals surface area contributed by atoms with Gasteiger partial charge in [-0.1, -0.05) is 17.7 Å². The van der Waals surface area contributed by atoms with Gasteiger partial charge in [-0.15, -0.1) is 0 Å². The molecule has 0 atom stereocenters. The Hall–Kier alpha value is -0.730. The zero-order chi connectivity index (χ0) is 9.56. The van der Waals surface area contributed by atoms with Gasteiger partial charge >= 0.3 is 0 Å². The summed E-state index contributed by atoms with van der Waals surface area (Å²) in [6.07, 6.45) is 5.82. The van der Waals surface area contributed by atoms with E-state index in [4.69, 9.17) is 28.9 Å². The molecule has 0 aromatic carbocycles. The monoisotopic (exact) mass is 205 g/mol. The highest BCUT2D eigenvalue weighted by molar-refractivity contribution is 6.69. The van der Waals surface area contributed by atoms with Gasteiger partial charge in [0.2, 0.25) is 0 Å². The molecule has 66 valence electrons. The first-order valence-electron chi connectivity index (χ1n) is 3.24. The molecule has 2 N–H and O–H groups in total. The normalized spacial score (nSPS) is 13.9. The number of allylic oxidation sites excluding steroid dienone is 5. The van der Waals surface area contributed by atoms with Crippen LogP contribution in [0.1, 0.15) is 6.92 Å². The molecule has 2 nitrogen and oxygen atoms in total. The van der Waals surface area contributed by atoms with E-state index < -0.39 is 5.24 Å². The van der Waals surface area contributed by atoms with Crippen LogP contribution in [-0.4, -0.2) is 5.24 Å². The van der Waals surface area contributed by atoms with Crippen LogP contribution in [0, 0.1) is 0 Å². The highest BCUT2D eigenvalue weighted by Crippen LogP contribution is 2.17. The molecule has 0 spiro atoms. The first-order valence-corrected chi connectivity index (χ1v) is 3.99. The number of rotatable bonds is 3. The third kappa shape index (κ3) is 3.60. The Labute approximate surface area is 81.3 Å². The van der Waals surface area contributed by atoms with Gasteiger partial charge in [0, 0.05) is 5.03 Å². The zero-order valence-corrected chi connectivity index (χ0v) is 8.06. The van der Waals surface area contributed by atoms with Gasteiger partial charge in [0.1, 0.15) is 0 Å². The van der Waals surface area contributed by atoms with Crippen LogP contribution < -0.4 is 5.73 Å². The maximum absolute atomic E-state index is 10.7. The highest BCUT2D eigenvalue weighted by atomic mass is 35.5. The van der Waals surface area contributed by atoms with Crippen molar-refractivity contribution in [3.63, 3.8) is 0 Å². The molecule has 0 aromatic heterocycles. The third-order valence-electron chi connectivity index (χ3n) is 1.10. The molecule has 0 fully saturated rings. The summed E-state index contributed by atoms with van der Waals surface area (Å²) in [6.45, 7) is 1.71. The molecule has 0 bridgehead atoms. The number of carbonyl (C=O) groups excluding carboxylic acids is 1. The van der Waals surface area contributed by atoms with Crippen molar-refractivity contribution in [2.45, 2.75) is 6.92 Å². The summed E-state index contributed by atoms with van der Waals surface area (Å²) in [5.41, 5.74) is 5.31. The van der Waals surface area contributed by atoms with Crippen molar-refractivity contribution in [1.82, 2.24) is 0 Å². The molecular formula is C8H9Cl2NO. The molecule has 0 rings (SSSR count). The van der Waals surface area contributed by atoms with E-state index in [9.17, 15) is 4.79 Å². The van der Waals surface area contributed by atoms with Crippen molar-refractivity contribution in [2.24, 2.45) is 5.73 Å². The molecule has 0 aromatic rings. The lowest BCUT2D eigenvalue weighted by atomic mass is 10.2. The Balaban J connectivity index is 4.79. The molecule has 0 aliphatic carbocycles. The summed E-state index contributed by atoms with van der Waals surface area (Å²) in [5.74, 6) is 0. The number of carbonyl (C=O) groups is 1. The smallest absolute Gasteiger partial charge is 0.253 e. The Morgan fingerprint density at radius 1 is 1.42 bits per heavy atom. The molecule has 0 amide bonds. The number of nitrogens with two attached hydrogens (primary N) is 1. The number of halogens is 2. The average molecular weight is 206 g/mol. The lowest BCUT2D eigenvalue weighted by Gasteiger charge is -1.96. The Kier molecular flexibility index (Phi) is 5.51. The van der Waals surface area contributed by atoms with Crippen LogP contribution in [0.3, 0.4) is 0 Å². The van der Waals surface area contributed by atoms with Crippen molar-refractivity contribution < 1.29 is 4.79 Å². The fourth-order valence-corrected chi connectivity index (χ4v) is 0.908. The van der Waals surface area contributed by atoms with Crippen LogP contribution in [0.5, 0.6) is 0 Å². The van der Waals surface area contributed by atoms with E-state index in [0.717, 1.165) is 0 Å². The Morgan fingerprint density at radius 2 is 2.00 bits per heavy atom. The standard InChI is InChI=1S/C8H9Cl2NO/c1-2-7(9)6(8(10)12)4-3-5-11/h2-5H,11H2,1H3/b5-3-,6-4+,7-2+. The van der Waals surface area contributed by atoms with E-state index in [1.165, 1.54) is 18.4 Å². The van der Waals surface area contributed by atoms with E-state index in [0.29, 0.717) is 5.03 Å². The maximum Gasteiger partial charge on any atom is 0.253 e. The van der Waals surface area contributed by atoms with E-state index >= 15 is 0 Å². The first-order chi connectivity index (χ1) is 5.63. The minimum atomic E-state index is -0.601. The summed E-state index contributed by atoms with van der Waals surface area (Å²) in [5, 5.41) is -0.288. The summed E-state index contributed by atoms with van der Waals surface area (Å²) >= 11 is 10.9. The van der Waals surface area contributed by atoms with Crippen LogP contribution in [0.25, 0.3) is 0 Å². The topological polar surface area (TPSA) is 43.1 Å². The molecular weight excluding hydrogens is 197 g/mol. The van der Waals surface area contributed by atoms with Crippen LogP contribution in [0.15, 0.2) is 35.0 Å². The van der Waals surface area contributed by atoms with E-state index in [1.54, 1.807) is 13.0 Å². The molecule has 0 aliphatic heterocycles. The summed E-state index contributed by atoms with van der Waals surface area (Å²) in [4.78, 5) is 10.7. The fraction of sp³-hybridized carbons (Fsp3) is 0.125. The maximum atomic E-state index is 10.7. The Morgan fingerprint density at radius 3 is 2.33 bits per heavy atom. The minimum Gasteiger partial charge on any atom is -0.405 e. The lowest BCUT2D eigenvalue weighted by molar-refractivity contribution is -0.108. The van der Waals surface area contributed by atoms with Gasteiger partial charge in [0.05, 0.1) is 5.57 Å². The summed E-state index contributed by atoms with van der Waals surface area (Å²) in [7, 11) is 0. The van der Waals surface area contributed by atoms with Gasteiger partial charge in [-0.2, -0.15) is 0 Å². The van der Waals surface area contributed by atoms with Gasteiger partial charge in [-0.3, -0.25) is 4.79 Å². The van der Waals surface area contributed by atoms with Crippen LogP contribution in [0.2, 0.25) is 0 Å². The number of hydrogen-bond donors (Lipinski definition) is 1. The first kappa shape index (κ1) is 11.3. The molecule has 0 heterocycles. The van der Waals surface area contributed by atoms with Gasteiger partial charge in [-0.05, 0) is 36.9 Å². The molecule has 0 saturated heterocycles. The summed E-state index contributed by atoms with van der Waals surface area (Å²) < 4.78 is 0. The van der Waals surface area contributed by atoms with Gasteiger partial charge in [0.15, 0.2) is 0 Å². The SMILES string of the molecule is C\C=C(Cl)/C(=C\C=C/N)C(=O)Cl. The Bertz CT molecular complexity index is 254. The van der Waals surface area contributed by atoms with Gasteiger partial charge in [-0.25, -0.2) is 0 Å². The molecule has 12 heavy (non-hydrogen) atoms. The molecule has 0 unspecified atom stereocenters. The predicted octanol–water partition coefficient (Wildman–Crippen LogP) is 2.29. The van der Waals surface area contributed by atoms with E-state index in [2.05, 4.69) is 0 Å². The third-order valence-corrected chi connectivity index (χ3v) is 1.72. The van der Waals surface area contributed by atoms with Gasteiger partial charge in [0.25, 0.3) is 5.24 Å². The second-order valence-corrected chi connectivity index (χ2v) is 2.63. The molecule has 0 radical (unpaired) electrons. The lowest BCUT2D eigenvalue weighted by Crippen LogP contribution is -1.93. The van der Waals surface area contributed by atoms with Gasteiger partial charge < -0.3 is 5.73 Å². The average Bonchev–Trinajstić information content (AvgIpc) is 2.04. The quantitative estimate of drug-likeness (QED) is 0.437. The van der Waals surface area contributed by atoms with Crippen molar-refractivity contribution in [2.75, 3.05) is 0 Å². The largest absolute Gasteiger partial charge is 0.405 e. The second-order valence-electron chi connectivity index (χ2n) is 1.88. The second kappa shape index (κ2) is 5.86. The van der Waals surface area contributed by atoms with Crippen molar-refractivity contribution in [1.29, 1.82) is 0 Å². The molecule has 4 heteroatoms. The highest BCUT2D eigenvalue weighted by Gasteiger charge is 2.07. The van der Waals surface area contributed by atoms with Crippen molar-refractivity contribution in [3.8, 4) is 0 Å². The minimum absolute atomic E-state index is 0.238. The van der Waals surface area contributed by atoms with Crippen molar-refractivity contribution >= 4 is 28.4 Å². The predicted molar refractivity (Wildman–Crippen MR) is 51.9 cm³/mol. The van der Waals surface area contributed by atoms with Crippen LogP contribution >= 0.6 is 23.2 Å². The zero-order valence-electron chi connectivity index (χ0n) is 6.55. The van der Waals surface area contributed by atoms with Crippen molar-refractivity contribution in [3.05, 3.63) is 35.0 Å². The van der Waals surface area contributed by atoms with Crippen LogP contribution in [0.4, 0.5) is 0 Å². The molecule has 0 saturated carbocycles. The van der Waals surface area contributed by atoms with E-state index in [1.807, 2.05) is 0 Å². The fourth-order valence-electron chi connectivity index (χ4n) is 0.546.